The molecule has 1 aromatic heterocycles. The van der Waals surface area contributed by atoms with Crippen LogP contribution >= 0.6 is 0 Å². The van der Waals surface area contributed by atoms with Gasteiger partial charge in [-0.2, -0.15) is 22.5 Å². The number of carbonyl (C=O) groups excluding carboxylic acids is 1. The molecule has 0 amide bonds. The quantitative estimate of drug-likeness (QED) is 0.526. The van der Waals surface area contributed by atoms with E-state index in [1.807, 2.05) is 0 Å². The molecule has 1 heterocycles. The lowest BCUT2D eigenvalue weighted by atomic mass is 9.86. The van der Waals surface area contributed by atoms with Gasteiger partial charge in [-0.1, -0.05) is 0 Å². The van der Waals surface area contributed by atoms with Gasteiger partial charge < -0.3 is 10.1 Å². The van der Waals surface area contributed by atoms with Crippen molar-refractivity contribution in [2.24, 2.45) is 5.92 Å². The highest BCUT2D eigenvalue weighted by molar-refractivity contribution is 5.72. The zero-order chi connectivity index (χ0) is 16.3. The zero-order valence-electron chi connectivity index (χ0n) is 12.0. The molecular weight excluding hydrogens is 304 g/mol. The SMILES string of the molecule is CCOC(=O)C1CCC(Nc2c(F)c(F)nc(F)c2F)CC1. The van der Waals surface area contributed by atoms with E-state index in [-0.39, 0.29) is 17.9 Å². The number of nitrogens with one attached hydrogen (secondary N) is 1. The third-order valence-corrected chi connectivity index (χ3v) is 3.69. The number of aromatic nitrogens is 1. The highest BCUT2D eigenvalue weighted by Gasteiger charge is 2.29. The largest absolute Gasteiger partial charge is 0.466 e. The third-order valence-electron chi connectivity index (χ3n) is 3.69. The molecule has 0 atom stereocenters. The van der Waals surface area contributed by atoms with E-state index >= 15 is 0 Å². The summed E-state index contributed by atoms with van der Waals surface area (Å²) in [6.45, 7) is 2.01. The molecule has 122 valence electrons. The van der Waals surface area contributed by atoms with E-state index in [0.29, 0.717) is 32.3 Å². The van der Waals surface area contributed by atoms with Crippen LogP contribution in [0, 0.1) is 29.4 Å². The Balaban J connectivity index is 2.01. The van der Waals surface area contributed by atoms with Crippen LogP contribution in [0.2, 0.25) is 0 Å². The van der Waals surface area contributed by atoms with Crippen molar-refractivity contribution in [2.75, 3.05) is 11.9 Å². The number of pyridine rings is 1. The fourth-order valence-electron chi connectivity index (χ4n) is 2.55. The van der Waals surface area contributed by atoms with Crippen LogP contribution in [0.3, 0.4) is 0 Å². The van der Waals surface area contributed by atoms with Crippen LogP contribution in [0.5, 0.6) is 0 Å². The smallest absolute Gasteiger partial charge is 0.308 e. The Morgan fingerprint density at radius 3 is 2.18 bits per heavy atom. The van der Waals surface area contributed by atoms with Crippen molar-refractivity contribution in [1.82, 2.24) is 4.98 Å². The van der Waals surface area contributed by atoms with E-state index in [4.69, 9.17) is 4.74 Å². The molecule has 1 aliphatic carbocycles. The van der Waals surface area contributed by atoms with Gasteiger partial charge in [0.25, 0.3) is 11.9 Å². The topological polar surface area (TPSA) is 51.2 Å². The number of anilines is 1. The minimum atomic E-state index is -1.69. The monoisotopic (exact) mass is 320 g/mol. The van der Waals surface area contributed by atoms with Crippen molar-refractivity contribution >= 4 is 11.7 Å². The zero-order valence-corrected chi connectivity index (χ0v) is 12.0. The summed E-state index contributed by atoms with van der Waals surface area (Å²) in [6, 6.07) is -0.379. The lowest BCUT2D eigenvalue weighted by Crippen LogP contribution is -2.31. The average molecular weight is 320 g/mol. The highest BCUT2D eigenvalue weighted by Crippen LogP contribution is 2.30. The van der Waals surface area contributed by atoms with E-state index in [9.17, 15) is 22.4 Å². The van der Waals surface area contributed by atoms with Crippen LogP contribution in [-0.2, 0) is 9.53 Å². The predicted molar refractivity (Wildman–Crippen MR) is 70.1 cm³/mol. The lowest BCUT2D eigenvalue weighted by Gasteiger charge is -2.28. The number of rotatable bonds is 4. The number of carbonyl (C=O) groups is 1. The van der Waals surface area contributed by atoms with Crippen molar-refractivity contribution < 1.29 is 27.1 Å². The molecule has 4 nitrogen and oxygen atoms in total. The van der Waals surface area contributed by atoms with E-state index < -0.39 is 29.2 Å². The summed E-state index contributed by atoms with van der Waals surface area (Å²) >= 11 is 0. The molecule has 0 radical (unpaired) electrons. The van der Waals surface area contributed by atoms with Gasteiger partial charge in [0.1, 0.15) is 5.69 Å². The van der Waals surface area contributed by atoms with Gasteiger partial charge >= 0.3 is 5.97 Å². The predicted octanol–water partition coefficient (Wildman–Crippen LogP) is 3.17. The van der Waals surface area contributed by atoms with Crippen LogP contribution in [0.4, 0.5) is 23.2 Å². The number of hydrogen-bond acceptors (Lipinski definition) is 4. The maximum Gasteiger partial charge on any atom is 0.308 e. The first-order chi connectivity index (χ1) is 10.4. The molecule has 1 N–H and O–H groups in total. The maximum absolute atomic E-state index is 13.5. The van der Waals surface area contributed by atoms with E-state index in [2.05, 4.69) is 10.3 Å². The number of nitrogens with zero attached hydrogens (tertiary/aromatic N) is 1. The molecule has 1 aliphatic rings. The van der Waals surface area contributed by atoms with Gasteiger partial charge in [0.05, 0.1) is 12.5 Å². The van der Waals surface area contributed by atoms with Crippen molar-refractivity contribution in [1.29, 1.82) is 0 Å². The van der Waals surface area contributed by atoms with Gasteiger partial charge in [0, 0.05) is 6.04 Å². The molecule has 1 fully saturated rings. The molecule has 22 heavy (non-hydrogen) atoms. The molecule has 0 aliphatic heterocycles. The second-order valence-corrected chi connectivity index (χ2v) is 5.14. The second-order valence-electron chi connectivity index (χ2n) is 5.14. The molecule has 8 heteroatoms. The first kappa shape index (κ1) is 16.5. The molecule has 0 aromatic carbocycles. The maximum atomic E-state index is 13.5. The van der Waals surface area contributed by atoms with Crippen molar-refractivity contribution in [3.63, 3.8) is 0 Å². The number of esters is 1. The molecule has 0 unspecified atom stereocenters. The summed E-state index contributed by atoms with van der Waals surface area (Å²) in [5.74, 6) is -7.03. The fourth-order valence-corrected chi connectivity index (χ4v) is 2.55. The van der Waals surface area contributed by atoms with Gasteiger partial charge in [-0.3, -0.25) is 4.79 Å². The Morgan fingerprint density at radius 2 is 1.68 bits per heavy atom. The molecular formula is C14H16F4N2O2. The van der Waals surface area contributed by atoms with Crippen molar-refractivity contribution in [2.45, 2.75) is 38.6 Å². The van der Waals surface area contributed by atoms with Gasteiger partial charge in [-0.15, -0.1) is 0 Å². The summed E-state index contributed by atoms with van der Waals surface area (Å²) in [5, 5.41) is 2.47. The Kier molecular flexibility index (Phi) is 5.20. The van der Waals surface area contributed by atoms with Crippen LogP contribution in [-0.4, -0.2) is 23.6 Å². The summed E-state index contributed by atoms with van der Waals surface area (Å²) in [4.78, 5) is 14.1. The summed E-state index contributed by atoms with van der Waals surface area (Å²) < 4.78 is 58.0. The molecule has 1 saturated carbocycles. The molecule has 2 rings (SSSR count). The number of hydrogen-bond donors (Lipinski definition) is 1. The second kappa shape index (κ2) is 6.93. The minimum Gasteiger partial charge on any atom is -0.466 e. The van der Waals surface area contributed by atoms with E-state index in [0.717, 1.165) is 0 Å². The Hall–Kier alpha value is -1.86. The van der Waals surface area contributed by atoms with Gasteiger partial charge in [-0.05, 0) is 32.6 Å². The average Bonchev–Trinajstić information content (AvgIpc) is 2.50. The highest BCUT2D eigenvalue weighted by atomic mass is 19.2. The first-order valence-electron chi connectivity index (χ1n) is 7.07. The standard InChI is InChI=1S/C14H16F4N2O2/c1-2-22-14(21)7-3-5-8(6-4-7)19-11-9(15)12(17)20-13(18)10(11)16/h7-8H,2-6H2,1H3,(H,19,20). The number of halogens is 4. The third kappa shape index (κ3) is 3.48. The first-order valence-corrected chi connectivity index (χ1v) is 7.07. The van der Waals surface area contributed by atoms with Crippen LogP contribution in [0.1, 0.15) is 32.6 Å². The van der Waals surface area contributed by atoms with Crippen LogP contribution in [0.25, 0.3) is 0 Å². The van der Waals surface area contributed by atoms with Gasteiger partial charge in [0.15, 0.2) is 0 Å². The molecule has 1 aromatic rings. The van der Waals surface area contributed by atoms with Crippen LogP contribution in [0.15, 0.2) is 0 Å². The van der Waals surface area contributed by atoms with Gasteiger partial charge in [0.2, 0.25) is 11.6 Å². The summed E-state index contributed by atoms with van der Waals surface area (Å²) in [5.41, 5.74) is -0.857. The lowest BCUT2D eigenvalue weighted by molar-refractivity contribution is -0.149. The summed E-state index contributed by atoms with van der Waals surface area (Å²) in [7, 11) is 0. The van der Waals surface area contributed by atoms with Gasteiger partial charge in [-0.25, -0.2) is 0 Å². The Labute approximate surface area is 124 Å². The number of ether oxygens (including phenoxy) is 1. The van der Waals surface area contributed by atoms with Crippen molar-refractivity contribution in [3.05, 3.63) is 23.5 Å². The van der Waals surface area contributed by atoms with Crippen LogP contribution < -0.4 is 5.32 Å². The Morgan fingerprint density at radius 1 is 1.14 bits per heavy atom. The molecule has 0 saturated heterocycles. The van der Waals surface area contributed by atoms with E-state index in [1.54, 1.807) is 6.92 Å². The minimum absolute atomic E-state index is 0.251. The normalized spacial score (nSPS) is 21.5. The molecule has 0 bridgehead atoms. The Bertz CT molecular complexity index is 534. The molecule has 0 spiro atoms. The van der Waals surface area contributed by atoms with Crippen molar-refractivity contribution in [3.8, 4) is 0 Å². The summed E-state index contributed by atoms with van der Waals surface area (Å²) in [6.07, 6.45) is 1.84. The van der Waals surface area contributed by atoms with E-state index in [1.165, 1.54) is 0 Å². The fraction of sp³-hybridized carbons (Fsp3) is 0.571.